The van der Waals surface area contributed by atoms with E-state index in [1.165, 1.54) is 0 Å². The van der Waals surface area contributed by atoms with Crippen molar-refractivity contribution in [3.63, 3.8) is 0 Å². The normalized spacial score (nSPS) is 17.9. The summed E-state index contributed by atoms with van der Waals surface area (Å²) < 4.78 is 5.26. The molecule has 17 heavy (non-hydrogen) atoms. The van der Waals surface area contributed by atoms with E-state index in [2.05, 4.69) is 0 Å². The minimum absolute atomic E-state index is 0.0574. The molecule has 86 valence electrons. The van der Waals surface area contributed by atoms with Crippen molar-refractivity contribution in [1.82, 2.24) is 0 Å². The Labute approximate surface area is 97.1 Å². The number of nitrogens with two attached hydrogens (primary N) is 1. The summed E-state index contributed by atoms with van der Waals surface area (Å²) in [6.45, 7) is -0.371. The molecule has 1 aromatic rings. The summed E-state index contributed by atoms with van der Waals surface area (Å²) >= 11 is 0. The maximum Gasteiger partial charge on any atom is 0.215 e. The summed E-state index contributed by atoms with van der Waals surface area (Å²) in [5, 5.41) is 19.6. The van der Waals surface area contributed by atoms with Crippen LogP contribution in [0.4, 0.5) is 0 Å². The van der Waals surface area contributed by atoms with E-state index in [-0.39, 0.29) is 18.0 Å². The lowest BCUT2D eigenvalue weighted by Gasteiger charge is -2.23. The van der Waals surface area contributed by atoms with Gasteiger partial charge in [0.25, 0.3) is 0 Å². The van der Waals surface area contributed by atoms with Gasteiger partial charge in [-0.25, -0.2) is 0 Å². The third-order valence-electron chi connectivity index (χ3n) is 2.58. The number of hydrogen-bond acceptors (Lipinski definition) is 5. The minimum Gasteiger partial charge on any atom is -0.440 e. The summed E-state index contributed by atoms with van der Waals surface area (Å²) in [4.78, 5) is 10.2. The van der Waals surface area contributed by atoms with Gasteiger partial charge in [-0.05, 0) is 6.07 Å². The number of hydrogen-bond donors (Lipinski definition) is 1. The zero-order valence-corrected chi connectivity index (χ0v) is 8.79. The lowest BCUT2D eigenvalue weighted by atomic mass is 9.89. The van der Waals surface area contributed by atoms with Crippen LogP contribution in [-0.2, 0) is 0 Å². The summed E-state index contributed by atoms with van der Waals surface area (Å²) in [6.07, 6.45) is 0. The molecular weight excluding hydrogens is 222 g/mol. The standard InChI is InChI=1S/C11H9N3O3/c12-5-8-9(6-14(15)16)7-3-1-2-4-10(7)17-11(8)13/h1-4,9H,6,13H2/t9-/m1/s1. The van der Waals surface area contributed by atoms with Gasteiger partial charge in [0, 0.05) is 10.5 Å². The molecule has 2 N–H and O–H groups in total. The number of para-hydroxylation sites is 1. The Morgan fingerprint density at radius 3 is 2.88 bits per heavy atom. The van der Waals surface area contributed by atoms with Gasteiger partial charge in [0.15, 0.2) is 0 Å². The van der Waals surface area contributed by atoms with Gasteiger partial charge in [-0.1, -0.05) is 18.2 Å². The molecule has 1 aliphatic heterocycles. The number of nitro groups is 1. The van der Waals surface area contributed by atoms with E-state index in [4.69, 9.17) is 15.7 Å². The lowest BCUT2D eigenvalue weighted by molar-refractivity contribution is -0.482. The molecule has 6 nitrogen and oxygen atoms in total. The maximum atomic E-state index is 10.6. The first-order chi connectivity index (χ1) is 8.13. The van der Waals surface area contributed by atoms with Crippen molar-refractivity contribution in [3.8, 4) is 11.8 Å². The largest absolute Gasteiger partial charge is 0.440 e. The first-order valence-corrected chi connectivity index (χ1v) is 4.91. The van der Waals surface area contributed by atoms with Crippen LogP contribution < -0.4 is 10.5 Å². The fraction of sp³-hybridized carbons (Fsp3) is 0.182. The average Bonchev–Trinajstić information content (AvgIpc) is 2.28. The number of ether oxygens (including phenoxy) is 1. The van der Waals surface area contributed by atoms with Crippen LogP contribution in [0.5, 0.6) is 5.75 Å². The summed E-state index contributed by atoms with van der Waals surface area (Å²) in [7, 11) is 0. The van der Waals surface area contributed by atoms with Gasteiger partial charge in [-0.15, -0.1) is 0 Å². The van der Waals surface area contributed by atoms with E-state index in [1.54, 1.807) is 24.3 Å². The Bertz CT molecular complexity index is 545. The second kappa shape index (κ2) is 4.14. The Hall–Kier alpha value is -2.55. The highest BCUT2D eigenvalue weighted by molar-refractivity contribution is 5.49. The van der Waals surface area contributed by atoms with Gasteiger partial charge in [-0.3, -0.25) is 10.1 Å². The Kier molecular flexibility index (Phi) is 2.66. The predicted molar refractivity (Wildman–Crippen MR) is 58.5 cm³/mol. The summed E-state index contributed by atoms with van der Waals surface area (Å²) in [6, 6.07) is 8.73. The molecule has 0 aromatic heterocycles. The molecule has 0 saturated heterocycles. The van der Waals surface area contributed by atoms with Crippen molar-refractivity contribution in [2.45, 2.75) is 5.92 Å². The molecule has 0 bridgehead atoms. The SMILES string of the molecule is N#CC1=C(N)Oc2ccccc2[C@H]1C[N+](=O)[O-]. The molecule has 1 aromatic carbocycles. The van der Waals surface area contributed by atoms with Crippen LogP contribution in [0.3, 0.4) is 0 Å². The molecule has 0 saturated carbocycles. The van der Waals surface area contributed by atoms with E-state index in [0.29, 0.717) is 11.3 Å². The number of fused-ring (bicyclic) bond motifs is 1. The van der Waals surface area contributed by atoms with Crippen LogP contribution in [-0.4, -0.2) is 11.5 Å². The fourth-order valence-electron chi connectivity index (χ4n) is 1.83. The molecule has 0 spiro atoms. The lowest BCUT2D eigenvalue weighted by Crippen LogP contribution is -2.24. The highest BCUT2D eigenvalue weighted by atomic mass is 16.6. The van der Waals surface area contributed by atoms with Crippen LogP contribution in [0.25, 0.3) is 0 Å². The van der Waals surface area contributed by atoms with Crippen LogP contribution in [0, 0.1) is 21.4 Å². The monoisotopic (exact) mass is 231 g/mol. The smallest absolute Gasteiger partial charge is 0.215 e. The number of rotatable bonds is 2. The van der Waals surface area contributed by atoms with Crippen LogP contribution in [0.2, 0.25) is 0 Å². The van der Waals surface area contributed by atoms with Gasteiger partial charge in [-0.2, -0.15) is 5.26 Å². The molecule has 0 radical (unpaired) electrons. The Morgan fingerprint density at radius 2 is 2.24 bits per heavy atom. The van der Waals surface area contributed by atoms with Gasteiger partial charge in [0.1, 0.15) is 17.4 Å². The van der Waals surface area contributed by atoms with Crippen molar-refractivity contribution < 1.29 is 9.66 Å². The third kappa shape index (κ3) is 1.90. The molecule has 0 fully saturated rings. The first kappa shape index (κ1) is 11.0. The van der Waals surface area contributed by atoms with E-state index >= 15 is 0 Å². The quantitative estimate of drug-likeness (QED) is 0.607. The van der Waals surface area contributed by atoms with Crippen LogP contribution >= 0.6 is 0 Å². The summed E-state index contributed by atoms with van der Waals surface area (Å²) in [5.74, 6) is -0.228. The molecule has 1 heterocycles. The molecule has 6 heteroatoms. The van der Waals surface area contributed by atoms with Gasteiger partial charge in [0.05, 0.1) is 5.92 Å². The molecule has 0 aliphatic carbocycles. The predicted octanol–water partition coefficient (Wildman–Crippen LogP) is 1.13. The second-order valence-corrected chi connectivity index (χ2v) is 3.60. The number of nitriles is 1. The molecule has 1 aliphatic rings. The van der Waals surface area contributed by atoms with Gasteiger partial charge >= 0.3 is 0 Å². The highest BCUT2D eigenvalue weighted by Gasteiger charge is 2.32. The van der Waals surface area contributed by atoms with Crippen molar-refractivity contribution in [3.05, 3.63) is 51.4 Å². The fourth-order valence-corrected chi connectivity index (χ4v) is 1.83. The Balaban J connectivity index is 2.51. The van der Waals surface area contributed by atoms with Gasteiger partial charge in [0.2, 0.25) is 12.4 Å². The van der Waals surface area contributed by atoms with Crippen molar-refractivity contribution in [2.24, 2.45) is 5.73 Å². The molecular formula is C11H9N3O3. The highest BCUT2D eigenvalue weighted by Crippen LogP contribution is 2.37. The first-order valence-electron chi connectivity index (χ1n) is 4.91. The van der Waals surface area contributed by atoms with Crippen LogP contribution in [0.1, 0.15) is 11.5 Å². The van der Waals surface area contributed by atoms with E-state index in [0.717, 1.165) is 0 Å². The number of nitrogens with zero attached hydrogens (tertiary/aromatic N) is 2. The zero-order valence-electron chi connectivity index (χ0n) is 8.79. The number of benzene rings is 1. The van der Waals surface area contributed by atoms with Crippen molar-refractivity contribution >= 4 is 0 Å². The van der Waals surface area contributed by atoms with E-state index in [1.807, 2.05) is 6.07 Å². The zero-order chi connectivity index (χ0) is 12.4. The van der Waals surface area contributed by atoms with E-state index < -0.39 is 10.8 Å². The minimum atomic E-state index is -0.639. The second-order valence-electron chi connectivity index (χ2n) is 3.60. The molecule has 1 atom stereocenters. The average molecular weight is 231 g/mol. The molecule has 2 rings (SSSR count). The van der Waals surface area contributed by atoms with Gasteiger partial charge < -0.3 is 10.5 Å². The third-order valence-corrected chi connectivity index (χ3v) is 2.58. The molecule has 0 unspecified atom stereocenters. The maximum absolute atomic E-state index is 10.6. The van der Waals surface area contributed by atoms with Crippen LogP contribution in [0.15, 0.2) is 35.7 Å². The summed E-state index contributed by atoms with van der Waals surface area (Å²) in [5.41, 5.74) is 6.31. The van der Waals surface area contributed by atoms with E-state index in [9.17, 15) is 10.1 Å². The molecule has 0 amide bonds. The topological polar surface area (TPSA) is 102 Å². The van der Waals surface area contributed by atoms with Crippen molar-refractivity contribution in [2.75, 3.05) is 6.54 Å². The Morgan fingerprint density at radius 1 is 1.53 bits per heavy atom. The van der Waals surface area contributed by atoms with Crippen molar-refractivity contribution in [1.29, 1.82) is 5.26 Å².